The normalized spacial score (nSPS) is 13.8. The molecule has 1 aromatic carbocycles. The number of aromatic nitrogens is 4. The predicted molar refractivity (Wildman–Crippen MR) is 102 cm³/mol. The molecule has 2 atom stereocenters. The van der Waals surface area contributed by atoms with Gasteiger partial charge in [0.1, 0.15) is 0 Å². The average molecular weight is 355 g/mol. The first-order valence-electron chi connectivity index (χ1n) is 8.79. The van der Waals surface area contributed by atoms with Gasteiger partial charge in [-0.05, 0) is 25.8 Å². The van der Waals surface area contributed by atoms with Gasteiger partial charge in [0.05, 0.1) is 6.33 Å². The number of nitrogens with zero attached hydrogens (tertiary/aromatic N) is 4. The number of hydrogen-bond donors (Lipinski definition) is 1. The van der Waals surface area contributed by atoms with Crippen molar-refractivity contribution < 1.29 is 0 Å². The third kappa shape index (κ3) is 3.48. The molecule has 0 saturated heterocycles. The van der Waals surface area contributed by atoms with E-state index in [1.54, 1.807) is 13.4 Å². The Labute approximate surface area is 151 Å². The number of imidazole rings is 1. The molecule has 0 fully saturated rings. The van der Waals surface area contributed by atoms with E-state index in [9.17, 15) is 9.59 Å². The monoisotopic (exact) mass is 355 g/mol. The molecule has 7 nitrogen and oxygen atoms in total. The molecule has 1 N–H and O–H groups in total. The van der Waals surface area contributed by atoms with Crippen molar-refractivity contribution in [3.05, 3.63) is 63.1 Å². The van der Waals surface area contributed by atoms with Crippen LogP contribution in [-0.2, 0) is 27.1 Å². The van der Waals surface area contributed by atoms with E-state index < -0.39 is 0 Å². The maximum absolute atomic E-state index is 12.5. The molecule has 0 saturated carbocycles. The smallest absolute Gasteiger partial charge is 0.323 e. The molecular weight excluding hydrogens is 330 g/mol. The van der Waals surface area contributed by atoms with E-state index in [2.05, 4.69) is 36.3 Å². The van der Waals surface area contributed by atoms with E-state index in [0.717, 1.165) is 11.0 Å². The second-order valence-corrected chi connectivity index (χ2v) is 6.93. The zero-order valence-corrected chi connectivity index (χ0v) is 15.6. The molecule has 0 radical (unpaired) electrons. The fraction of sp³-hybridized carbons (Fsp3) is 0.421. The van der Waals surface area contributed by atoms with Crippen molar-refractivity contribution in [2.45, 2.75) is 38.9 Å². The van der Waals surface area contributed by atoms with Gasteiger partial charge in [-0.1, -0.05) is 30.3 Å². The van der Waals surface area contributed by atoms with Crippen molar-refractivity contribution in [2.24, 2.45) is 14.1 Å². The van der Waals surface area contributed by atoms with Crippen molar-refractivity contribution >= 4 is 11.2 Å². The lowest BCUT2D eigenvalue weighted by Crippen LogP contribution is -2.40. The van der Waals surface area contributed by atoms with Gasteiger partial charge in [-0.3, -0.25) is 13.9 Å². The minimum atomic E-state index is -0.365. The average Bonchev–Trinajstić information content (AvgIpc) is 3.02. The van der Waals surface area contributed by atoms with Crippen molar-refractivity contribution in [1.82, 2.24) is 24.0 Å². The van der Waals surface area contributed by atoms with Gasteiger partial charge in [0.2, 0.25) is 0 Å². The lowest BCUT2D eigenvalue weighted by molar-refractivity contribution is 0.424. The second-order valence-electron chi connectivity index (χ2n) is 6.93. The van der Waals surface area contributed by atoms with E-state index in [1.165, 1.54) is 17.2 Å². The van der Waals surface area contributed by atoms with Gasteiger partial charge in [-0.15, -0.1) is 0 Å². The van der Waals surface area contributed by atoms with Crippen LogP contribution < -0.4 is 16.6 Å². The lowest BCUT2D eigenvalue weighted by Gasteiger charge is -2.21. The first-order chi connectivity index (χ1) is 12.4. The molecule has 2 heterocycles. The van der Waals surface area contributed by atoms with Crippen molar-refractivity contribution in [2.75, 3.05) is 0 Å². The second kappa shape index (κ2) is 7.29. The SMILES string of the molecule is C[C@@H](Cc1ccccc1)N[C@@H](C)Cn1cnc2c1c(=O)n(C)c(=O)n2C. The quantitative estimate of drug-likeness (QED) is 0.717. The van der Waals surface area contributed by atoms with Crippen LogP contribution in [0.25, 0.3) is 11.2 Å². The highest BCUT2D eigenvalue weighted by Crippen LogP contribution is 2.08. The van der Waals surface area contributed by atoms with E-state index >= 15 is 0 Å². The Balaban J connectivity index is 1.77. The zero-order valence-electron chi connectivity index (χ0n) is 15.6. The Bertz CT molecular complexity index is 1020. The standard InChI is InChI=1S/C19H25N5O2/c1-13(10-15-8-6-5-7-9-15)21-14(2)11-24-12-20-17-16(24)18(25)23(4)19(26)22(17)3/h5-9,12-14,21H,10-11H2,1-4H3/t13-,14-/m0/s1. The van der Waals surface area contributed by atoms with Crippen LogP contribution in [-0.4, -0.2) is 30.8 Å². The third-order valence-corrected chi connectivity index (χ3v) is 4.64. The minimum absolute atomic E-state index is 0.146. The van der Waals surface area contributed by atoms with Gasteiger partial charge >= 0.3 is 5.69 Å². The molecule has 0 unspecified atom stereocenters. The van der Waals surface area contributed by atoms with Gasteiger partial charge in [0, 0.05) is 32.7 Å². The van der Waals surface area contributed by atoms with Gasteiger partial charge < -0.3 is 9.88 Å². The van der Waals surface area contributed by atoms with Crippen LogP contribution in [0.1, 0.15) is 19.4 Å². The molecule has 0 bridgehead atoms. The summed E-state index contributed by atoms with van der Waals surface area (Å²) in [5.74, 6) is 0. The summed E-state index contributed by atoms with van der Waals surface area (Å²) in [6, 6.07) is 10.8. The fourth-order valence-electron chi connectivity index (χ4n) is 3.40. The lowest BCUT2D eigenvalue weighted by atomic mass is 10.1. The summed E-state index contributed by atoms with van der Waals surface area (Å²) in [5.41, 5.74) is 1.48. The largest absolute Gasteiger partial charge is 0.332 e. The van der Waals surface area contributed by atoms with Crippen molar-refractivity contribution in [3.8, 4) is 0 Å². The molecule has 2 aromatic heterocycles. The van der Waals surface area contributed by atoms with E-state index in [4.69, 9.17) is 0 Å². The Kier molecular flexibility index (Phi) is 5.08. The summed E-state index contributed by atoms with van der Waals surface area (Å²) in [6.45, 7) is 4.83. The number of nitrogens with one attached hydrogen (secondary N) is 1. The van der Waals surface area contributed by atoms with E-state index in [-0.39, 0.29) is 17.3 Å². The van der Waals surface area contributed by atoms with E-state index in [0.29, 0.717) is 23.8 Å². The summed E-state index contributed by atoms with van der Waals surface area (Å²) in [5, 5.41) is 3.57. The van der Waals surface area contributed by atoms with Gasteiger partial charge in [0.15, 0.2) is 11.2 Å². The Hall–Kier alpha value is -2.67. The number of rotatable bonds is 6. The van der Waals surface area contributed by atoms with E-state index in [1.807, 2.05) is 22.8 Å². The van der Waals surface area contributed by atoms with Crippen molar-refractivity contribution in [3.63, 3.8) is 0 Å². The van der Waals surface area contributed by atoms with Crippen LogP contribution >= 0.6 is 0 Å². The molecule has 0 spiro atoms. The van der Waals surface area contributed by atoms with Crippen LogP contribution in [0.5, 0.6) is 0 Å². The molecule has 0 aliphatic rings. The van der Waals surface area contributed by atoms with Gasteiger partial charge in [0.25, 0.3) is 5.56 Å². The first kappa shape index (κ1) is 18.1. The molecule has 138 valence electrons. The number of hydrogen-bond acceptors (Lipinski definition) is 4. The topological polar surface area (TPSA) is 73.8 Å². The Morgan fingerprint density at radius 2 is 1.73 bits per heavy atom. The maximum Gasteiger partial charge on any atom is 0.332 e. The molecule has 3 rings (SSSR count). The highest BCUT2D eigenvalue weighted by molar-refractivity contribution is 5.69. The molecule has 0 aliphatic heterocycles. The zero-order chi connectivity index (χ0) is 18.8. The number of fused-ring (bicyclic) bond motifs is 1. The maximum atomic E-state index is 12.5. The molecular formula is C19H25N5O2. The highest BCUT2D eigenvalue weighted by atomic mass is 16.2. The predicted octanol–water partition coefficient (Wildman–Crippen LogP) is 1.04. The third-order valence-electron chi connectivity index (χ3n) is 4.64. The first-order valence-corrected chi connectivity index (χ1v) is 8.79. The Morgan fingerprint density at radius 1 is 1.04 bits per heavy atom. The summed E-state index contributed by atoms with van der Waals surface area (Å²) in [6.07, 6.45) is 2.57. The van der Waals surface area contributed by atoms with Crippen LogP contribution in [0, 0.1) is 0 Å². The molecule has 26 heavy (non-hydrogen) atoms. The summed E-state index contributed by atoms with van der Waals surface area (Å²) < 4.78 is 4.35. The van der Waals surface area contributed by atoms with Gasteiger partial charge in [-0.25, -0.2) is 9.78 Å². The summed E-state index contributed by atoms with van der Waals surface area (Å²) >= 11 is 0. The van der Waals surface area contributed by atoms with Crippen LogP contribution in [0.3, 0.4) is 0 Å². The minimum Gasteiger partial charge on any atom is -0.323 e. The summed E-state index contributed by atoms with van der Waals surface area (Å²) in [4.78, 5) is 28.8. The molecule has 3 aromatic rings. The number of benzene rings is 1. The molecule has 0 aliphatic carbocycles. The van der Waals surface area contributed by atoms with Crippen LogP contribution in [0.4, 0.5) is 0 Å². The van der Waals surface area contributed by atoms with Crippen molar-refractivity contribution in [1.29, 1.82) is 0 Å². The fourth-order valence-corrected chi connectivity index (χ4v) is 3.40. The summed E-state index contributed by atoms with van der Waals surface area (Å²) in [7, 11) is 3.12. The molecule has 0 amide bonds. The highest BCUT2D eigenvalue weighted by Gasteiger charge is 2.16. The van der Waals surface area contributed by atoms with Gasteiger partial charge in [-0.2, -0.15) is 0 Å². The molecule has 7 heteroatoms. The number of aryl methyl sites for hydroxylation is 1. The Morgan fingerprint density at radius 3 is 2.42 bits per heavy atom. The van der Waals surface area contributed by atoms with Crippen LogP contribution in [0.15, 0.2) is 46.2 Å². The van der Waals surface area contributed by atoms with Crippen LogP contribution in [0.2, 0.25) is 0 Å².